The number of amides is 1. The van der Waals surface area contributed by atoms with Crippen molar-refractivity contribution in [3.63, 3.8) is 0 Å². The molecule has 0 bridgehead atoms. The van der Waals surface area contributed by atoms with Crippen molar-refractivity contribution in [3.8, 4) is 11.3 Å². The van der Waals surface area contributed by atoms with Crippen molar-refractivity contribution in [2.24, 2.45) is 0 Å². The molecule has 0 aliphatic carbocycles. The van der Waals surface area contributed by atoms with Gasteiger partial charge in [-0.05, 0) is 31.2 Å². The van der Waals surface area contributed by atoms with Gasteiger partial charge in [0.2, 0.25) is 10.0 Å². The highest BCUT2D eigenvalue weighted by molar-refractivity contribution is 9.10. The first-order valence-electron chi connectivity index (χ1n) is 9.44. The average Bonchev–Trinajstić information content (AvgIpc) is 3.15. The van der Waals surface area contributed by atoms with E-state index < -0.39 is 10.0 Å². The lowest BCUT2D eigenvalue weighted by atomic mass is 10.0. The van der Waals surface area contributed by atoms with E-state index in [2.05, 4.69) is 21.1 Å². The molecule has 156 valence electrons. The van der Waals surface area contributed by atoms with Gasteiger partial charge in [-0.2, -0.15) is 4.31 Å². The van der Waals surface area contributed by atoms with Crippen LogP contribution in [0.25, 0.3) is 11.3 Å². The van der Waals surface area contributed by atoms with Gasteiger partial charge in [0.1, 0.15) is 17.0 Å². The minimum absolute atomic E-state index is 0.201. The van der Waals surface area contributed by atoms with Crippen LogP contribution in [-0.2, 0) is 10.0 Å². The monoisotopic (exact) mass is 489 g/mol. The maximum Gasteiger partial charge on any atom is 0.259 e. The molecule has 1 aliphatic rings. The van der Waals surface area contributed by atoms with E-state index >= 15 is 0 Å². The molecule has 2 heterocycles. The van der Waals surface area contributed by atoms with Crippen LogP contribution in [0, 0.1) is 6.92 Å². The van der Waals surface area contributed by atoms with Crippen LogP contribution in [-0.4, -0.2) is 54.9 Å². The number of rotatable bonds is 4. The molecule has 1 fully saturated rings. The van der Waals surface area contributed by atoms with Gasteiger partial charge in [0.15, 0.2) is 0 Å². The summed E-state index contributed by atoms with van der Waals surface area (Å²) < 4.78 is 33.3. The molecule has 0 N–H and O–H groups in total. The molecular formula is C21H20BrN3O4S. The van der Waals surface area contributed by atoms with E-state index in [-0.39, 0.29) is 23.9 Å². The number of carbonyl (C=O) groups excluding carboxylic acids is 1. The molecule has 1 amide bonds. The summed E-state index contributed by atoms with van der Waals surface area (Å²) >= 11 is 3.31. The Kier molecular flexibility index (Phi) is 5.77. The van der Waals surface area contributed by atoms with E-state index in [1.807, 2.05) is 30.3 Å². The molecule has 30 heavy (non-hydrogen) atoms. The first-order valence-corrected chi connectivity index (χ1v) is 11.7. The number of hydrogen-bond acceptors (Lipinski definition) is 5. The molecule has 7 nitrogen and oxygen atoms in total. The van der Waals surface area contributed by atoms with E-state index in [0.29, 0.717) is 30.1 Å². The standard InChI is InChI=1S/C21H20BrN3O4S/c1-15-19(20(23-29-15)16-5-3-2-4-6-16)21(26)24-11-13-25(14-12-24)30(27,28)18-9-7-17(22)8-10-18/h2-10H,11-14H2,1H3. The van der Waals surface area contributed by atoms with Crippen molar-refractivity contribution in [3.05, 3.63) is 70.4 Å². The van der Waals surface area contributed by atoms with Crippen LogP contribution < -0.4 is 0 Å². The quantitative estimate of drug-likeness (QED) is 0.559. The van der Waals surface area contributed by atoms with Crippen LogP contribution in [0.2, 0.25) is 0 Å². The number of carbonyl (C=O) groups is 1. The van der Waals surface area contributed by atoms with Crippen molar-refractivity contribution in [2.45, 2.75) is 11.8 Å². The number of piperazine rings is 1. The van der Waals surface area contributed by atoms with Crippen molar-refractivity contribution < 1.29 is 17.7 Å². The Labute approximate surface area is 183 Å². The molecule has 9 heteroatoms. The van der Waals surface area contributed by atoms with Crippen molar-refractivity contribution >= 4 is 31.9 Å². The third-order valence-corrected chi connectivity index (χ3v) is 7.54. The first kappa shape index (κ1) is 20.8. The number of hydrogen-bond donors (Lipinski definition) is 0. The number of benzene rings is 2. The second-order valence-electron chi connectivity index (χ2n) is 6.98. The molecule has 3 aromatic rings. The largest absolute Gasteiger partial charge is 0.360 e. The molecule has 1 saturated heterocycles. The summed E-state index contributed by atoms with van der Waals surface area (Å²) in [7, 11) is -3.60. The third kappa shape index (κ3) is 3.92. The molecular weight excluding hydrogens is 470 g/mol. The third-order valence-electron chi connectivity index (χ3n) is 5.10. The summed E-state index contributed by atoms with van der Waals surface area (Å²) in [6, 6.07) is 15.9. The number of aromatic nitrogens is 1. The summed E-state index contributed by atoms with van der Waals surface area (Å²) in [6.07, 6.45) is 0. The lowest BCUT2D eigenvalue weighted by Crippen LogP contribution is -2.50. The van der Waals surface area contributed by atoms with Crippen LogP contribution in [0.5, 0.6) is 0 Å². The molecule has 0 saturated carbocycles. The second-order valence-corrected chi connectivity index (χ2v) is 9.83. The lowest BCUT2D eigenvalue weighted by Gasteiger charge is -2.34. The van der Waals surface area contributed by atoms with Gasteiger partial charge >= 0.3 is 0 Å². The van der Waals surface area contributed by atoms with Crippen LogP contribution in [0.3, 0.4) is 0 Å². The van der Waals surface area contributed by atoms with E-state index in [1.165, 1.54) is 4.31 Å². The smallest absolute Gasteiger partial charge is 0.259 e. The highest BCUT2D eigenvalue weighted by atomic mass is 79.9. The predicted octanol–water partition coefficient (Wildman–Crippen LogP) is 3.56. The molecule has 0 spiro atoms. The highest BCUT2D eigenvalue weighted by Crippen LogP contribution is 2.27. The molecule has 4 rings (SSSR count). The van der Waals surface area contributed by atoms with Crippen LogP contribution in [0.4, 0.5) is 0 Å². The normalized spacial score (nSPS) is 15.3. The summed E-state index contributed by atoms with van der Waals surface area (Å²) in [5, 5.41) is 4.07. The first-order chi connectivity index (χ1) is 14.4. The van der Waals surface area contributed by atoms with E-state index in [1.54, 1.807) is 36.1 Å². The van der Waals surface area contributed by atoms with Gasteiger partial charge < -0.3 is 9.42 Å². The fraction of sp³-hybridized carbons (Fsp3) is 0.238. The number of aryl methyl sites for hydroxylation is 1. The fourth-order valence-corrected chi connectivity index (χ4v) is 5.15. The molecule has 0 radical (unpaired) electrons. The maximum atomic E-state index is 13.2. The Morgan fingerprint density at radius 2 is 1.63 bits per heavy atom. The van der Waals surface area contributed by atoms with Gasteiger partial charge in [-0.1, -0.05) is 51.4 Å². The SMILES string of the molecule is Cc1onc(-c2ccccc2)c1C(=O)N1CCN(S(=O)(=O)c2ccc(Br)cc2)CC1. The fourth-order valence-electron chi connectivity index (χ4n) is 3.46. The van der Waals surface area contributed by atoms with E-state index in [4.69, 9.17) is 4.52 Å². The minimum atomic E-state index is -3.60. The topological polar surface area (TPSA) is 83.7 Å². The summed E-state index contributed by atoms with van der Waals surface area (Å²) in [4.78, 5) is 15.1. The Bertz CT molecular complexity index is 1150. The van der Waals surface area contributed by atoms with E-state index in [0.717, 1.165) is 10.0 Å². The maximum absolute atomic E-state index is 13.2. The lowest BCUT2D eigenvalue weighted by molar-refractivity contribution is 0.0696. The Morgan fingerprint density at radius 3 is 2.27 bits per heavy atom. The van der Waals surface area contributed by atoms with Gasteiger partial charge in [-0.15, -0.1) is 0 Å². The Balaban J connectivity index is 1.51. The predicted molar refractivity (Wildman–Crippen MR) is 115 cm³/mol. The molecule has 2 aromatic carbocycles. The van der Waals surface area contributed by atoms with Crippen LogP contribution in [0.1, 0.15) is 16.1 Å². The Morgan fingerprint density at radius 1 is 1.00 bits per heavy atom. The minimum Gasteiger partial charge on any atom is -0.360 e. The second kappa shape index (κ2) is 8.33. The van der Waals surface area contributed by atoms with Crippen molar-refractivity contribution in [2.75, 3.05) is 26.2 Å². The number of halogens is 1. The van der Waals surface area contributed by atoms with Crippen molar-refractivity contribution in [1.29, 1.82) is 0 Å². The summed E-state index contributed by atoms with van der Waals surface area (Å²) in [6.45, 7) is 2.77. The van der Waals surface area contributed by atoms with Crippen molar-refractivity contribution in [1.82, 2.24) is 14.4 Å². The van der Waals surface area contributed by atoms with Gasteiger partial charge in [0, 0.05) is 36.2 Å². The molecule has 0 unspecified atom stereocenters. The molecule has 1 aromatic heterocycles. The number of sulfonamides is 1. The zero-order valence-corrected chi connectivity index (χ0v) is 18.7. The zero-order valence-electron chi connectivity index (χ0n) is 16.3. The van der Waals surface area contributed by atoms with E-state index in [9.17, 15) is 13.2 Å². The molecule has 1 aliphatic heterocycles. The van der Waals surface area contributed by atoms with Crippen LogP contribution >= 0.6 is 15.9 Å². The highest BCUT2D eigenvalue weighted by Gasteiger charge is 2.32. The zero-order chi connectivity index (χ0) is 21.3. The molecule has 0 atom stereocenters. The summed E-state index contributed by atoms with van der Waals surface area (Å²) in [5.41, 5.74) is 1.72. The van der Waals surface area contributed by atoms with Gasteiger partial charge in [-0.3, -0.25) is 4.79 Å². The van der Waals surface area contributed by atoms with Gasteiger partial charge in [0.05, 0.1) is 4.90 Å². The number of nitrogens with zero attached hydrogens (tertiary/aromatic N) is 3. The van der Waals surface area contributed by atoms with Gasteiger partial charge in [-0.25, -0.2) is 8.42 Å². The van der Waals surface area contributed by atoms with Gasteiger partial charge in [0.25, 0.3) is 5.91 Å². The van der Waals surface area contributed by atoms with Crippen LogP contribution in [0.15, 0.2) is 68.5 Å². The summed E-state index contributed by atoms with van der Waals surface area (Å²) in [5.74, 6) is 0.247. The Hall–Kier alpha value is -2.49. The average molecular weight is 490 g/mol.